The van der Waals surface area contributed by atoms with Gasteiger partial charge in [0.2, 0.25) is 0 Å². The van der Waals surface area contributed by atoms with Crippen LogP contribution >= 0.6 is 12.6 Å². The van der Waals surface area contributed by atoms with Crippen LogP contribution in [0.25, 0.3) is 22.6 Å². The quantitative estimate of drug-likeness (QED) is 0.687. The lowest BCUT2D eigenvalue weighted by atomic mass is 10.1. The molecule has 0 fully saturated rings. The summed E-state index contributed by atoms with van der Waals surface area (Å²) in [6.07, 6.45) is 0. The number of aromatic nitrogens is 2. The number of H-pyrrole nitrogens is 1. The molecule has 0 bridgehead atoms. The molecule has 0 saturated heterocycles. The van der Waals surface area contributed by atoms with Crippen LogP contribution in [0.4, 0.5) is 0 Å². The summed E-state index contributed by atoms with van der Waals surface area (Å²) in [5, 5.41) is 0.630. The minimum atomic E-state index is 0.630. The Morgan fingerprint density at radius 3 is 2.12 bits per heavy atom. The van der Waals surface area contributed by atoms with E-state index < -0.39 is 0 Å². The number of methoxy groups -OCH3 is 3. The Hall–Kier alpha value is -2.60. The summed E-state index contributed by atoms with van der Waals surface area (Å²) >= 11 is 4.49. The summed E-state index contributed by atoms with van der Waals surface area (Å²) < 4.78 is 15.8. The topological polar surface area (TPSA) is 56.4 Å². The average Bonchev–Trinajstić information content (AvgIpc) is 3.03. The lowest BCUT2D eigenvalue weighted by molar-refractivity contribution is 0.355. The molecule has 0 aliphatic carbocycles. The average molecular weight is 342 g/mol. The molecule has 1 N–H and O–H groups in total. The minimum Gasteiger partial charge on any atom is -0.497 e. The number of aromatic amines is 1. The number of ether oxygens (including phenoxy) is 3. The van der Waals surface area contributed by atoms with Crippen LogP contribution in [0.1, 0.15) is 0 Å². The molecular formula is C18H18N2O3S. The Morgan fingerprint density at radius 1 is 0.833 bits per heavy atom. The molecule has 3 aromatic rings. The van der Waals surface area contributed by atoms with Crippen molar-refractivity contribution in [2.24, 2.45) is 0 Å². The van der Waals surface area contributed by atoms with Crippen molar-refractivity contribution >= 4 is 12.6 Å². The molecule has 0 aliphatic heterocycles. The highest BCUT2D eigenvalue weighted by molar-refractivity contribution is 7.80. The van der Waals surface area contributed by atoms with Gasteiger partial charge in [-0.25, -0.2) is 4.98 Å². The second kappa shape index (κ2) is 6.88. The highest BCUT2D eigenvalue weighted by atomic mass is 32.1. The lowest BCUT2D eigenvalue weighted by Crippen LogP contribution is -1.91. The van der Waals surface area contributed by atoms with E-state index in [4.69, 9.17) is 14.2 Å². The fourth-order valence-corrected chi connectivity index (χ4v) is 2.73. The lowest BCUT2D eigenvalue weighted by Gasteiger charge is -2.08. The summed E-state index contributed by atoms with van der Waals surface area (Å²) in [5.74, 6) is 2.85. The van der Waals surface area contributed by atoms with Crippen LogP contribution in [0.3, 0.4) is 0 Å². The predicted octanol–water partition coefficient (Wildman–Crippen LogP) is 4.06. The van der Waals surface area contributed by atoms with E-state index in [2.05, 4.69) is 22.6 Å². The van der Waals surface area contributed by atoms with Gasteiger partial charge in [-0.1, -0.05) is 0 Å². The first-order chi connectivity index (χ1) is 11.7. The molecule has 0 spiro atoms. The smallest absolute Gasteiger partial charge is 0.161 e. The molecule has 1 heterocycles. The van der Waals surface area contributed by atoms with Crippen molar-refractivity contribution in [3.8, 4) is 39.9 Å². The first-order valence-corrected chi connectivity index (χ1v) is 7.76. The summed E-state index contributed by atoms with van der Waals surface area (Å²) in [7, 11) is 4.86. The van der Waals surface area contributed by atoms with Crippen LogP contribution < -0.4 is 14.2 Å². The van der Waals surface area contributed by atoms with Crippen molar-refractivity contribution in [1.82, 2.24) is 9.97 Å². The summed E-state index contributed by atoms with van der Waals surface area (Å²) in [4.78, 5) is 7.83. The molecule has 3 rings (SSSR count). The van der Waals surface area contributed by atoms with Gasteiger partial charge in [-0.2, -0.15) is 0 Å². The highest BCUT2D eigenvalue weighted by Crippen LogP contribution is 2.34. The molecule has 0 atom stereocenters. The zero-order chi connectivity index (χ0) is 17.1. The second-order valence-corrected chi connectivity index (χ2v) is 5.51. The molecule has 5 nitrogen and oxygen atoms in total. The van der Waals surface area contributed by atoms with Crippen molar-refractivity contribution < 1.29 is 14.2 Å². The molecule has 0 aliphatic rings. The maximum absolute atomic E-state index is 5.35. The Balaban J connectivity index is 1.99. The van der Waals surface area contributed by atoms with E-state index in [1.807, 2.05) is 42.5 Å². The van der Waals surface area contributed by atoms with Crippen LogP contribution in [0, 0.1) is 0 Å². The Morgan fingerprint density at radius 2 is 1.50 bits per heavy atom. The monoisotopic (exact) mass is 342 g/mol. The van der Waals surface area contributed by atoms with Crippen molar-refractivity contribution in [3.63, 3.8) is 0 Å². The molecular weight excluding hydrogens is 324 g/mol. The number of hydrogen-bond acceptors (Lipinski definition) is 5. The first-order valence-electron chi connectivity index (χ1n) is 7.32. The van der Waals surface area contributed by atoms with Gasteiger partial charge in [0.15, 0.2) is 11.5 Å². The van der Waals surface area contributed by atoms with E-state index >= 15 is 0 Å². The van der Waals surface area contributed by atoms with Crippen LogP contribution in [-0.4, -0.2) is 31.3 Å². The molecule has 2 aromatic carbocycles. The predicted molar refractivity (Wildman–Crippen MR) is 96.4 cm³/mol. The number of nitrogens with zero attached hydrogens (tertiary/aromatic N) is 1. The van der Waals surface area contributed by atoms with E-state index in [9.17, 15) is 0 Å². The summed E-state index contributed by atoms with van der Waals surface area (Å²) in [6.45, 7) is 0. The largest absolute Gasteiger partial charge is 0.497 e. The van der Waals surface area contributed by atoms with Crippen LogP contribution in [0.15, 0.2) is 47.5 Å². The number of benzene rings is 2. The fourth-order valence-electron chi connectivity index (χ4n) is 2.44. The highest BCUT2D eigenvalue weighted by Gasteiger charge is 2.13. The van der Waals surface area contributed by atoms with Crippen LogP contribution in [-0.2, 0) is 0 Å². The Bertz CT molecular complexity index is 844. The third kappa shape index (κ3) is 3.05. The van der Waals surface area contributed by atoms with Gasteiger partial charge in [0.05, 0.1) is 27.0 Å². The molecule has 0 amide bonds. The minimum absolute atomic E-state index is 0.630. The summed E-state index contributed by atoms with van der Waals surface area (Å²) in [5.41, 5.74) is 2.73. The summed E-state index contributed by atoms with van der Waals surface area (Å²) in [6, 6.07) is 13.4. The van der Waals surface area contributed by atoms with Gasteiger partial charge < -0.3 is 19.2 Å². The molecule has 0 saturated carbocycles. The van der Waals surface area contributed by atoms with E-state index in [-0.39, 0.29) is 0 Å². The third-order valence-corrected chi connectivity index (χ3v) is 4.04. The first kappa shape index (κ1) is 16.3. The SMILES string of the molecule is COc1ccc(-c2[nH]c(-c3ccc(OC)c(OC)c3)nc2S)cc1. The van der Waals surface area contributed by atoms with E-state index in [0.717, 1.165) is 22.6 Å². The van der Waals surface area contributed by atoms with E-state index in [1.54, 1.807) is 21.3 Å². The number of rotatable bonds is 5. The van der Waals surface area contributed by atoms with Crippen molar-refractivity contribution in [1.29, 1.82) is 0 Å². The zero-order valence-electron chi connectivity index (χ0n) is 13.7. The van der Waals surface area contributed by atoms with Gasteiger partial charge in [0, 0.05) is 11.1 Å². The van der Waals surface area contributed by atoms with Gasteiger partial charge in [-0.05, 0) is 42.5 Å². The molecule has 0 unspecified atom stereocenters. The van der Waals surface area contributed by atoms with Gasteiger partial charge in [-0.15, -0.1) is 12.6 Å². The van der Waals surface area contributed by atoms with Crippen LogP contribution in [0.2, 0.25) is 0 Å². The van der Waals surface area contributed by atoms with Crippen molar-refractivity contribution in [2.75, 3.05) is 21.3 Å². The normalized spacial score (nSPS) is 10.5. The molecule has 1 aromatic heterocycles. The molecule has 0 radical (unpaired) electrons. The van der Waals surface area contributed by atoms with Crippen molar-refractivity contribution in [2.45, 2.75) is 5.03 Å². The van der Waals surface area contributed by atoms with E-state index in [1.165, 1.54) is 0 Å². The molecule has 6 heteroatoms. The number of nitrogens with one attached hydrogen (secondary N) is 1. The van der Waals surface area contributed by atoms with Gasteiger partial charge >= 0.3 is 0 Å². The molecule has 24 heavy (non-hydrogen) atoms. The standard InChI is InChI=1S/C18H18N2O3S/c1-21-13-7-4-11(5-8-13)16-18(24)20-17(19-16)12-6-9-14(22-2)15(10-12)23-3/h4-10,24H,1-3H3,(H,19,20). The third-order valence-electron chi connectivity index (χ3n) is 3.72. The Labute approximate surface area is 146 Å². The number of hydrogen-bond donors (Lipinski definition) is 2. The fraction of sp³-hybridized carbons (Fsp3) is 0.167. The maximum Gasteiger partial charge on any atom is 0.161 e. The maximum atomic E-state index is 5.35. The zero-order valence-corrected chi connectivity index (χ0v) is 14.6. The van der Waals surface area contributed by atoms with Gasteiger partial charge in [0.25, 0.3) is 0 Å². The van der Waals surface area contributed by atoms with Crippen LogP contribution in [0.5, 0.6) is 17.2 Å². The number of thiol groups is 1. The van der Waals surface area contributed by atoms with Gasteiger partial charge in [0.1, 0.15) is 16.6 Å². The number of imidazole rings is 1. The van der Waals surface area contributed by atoms with E-state index in [0.29, 0.717) is 22.3 Å². The molecule has 124 valence electrons. The van der Waals surface area contributed by atoms with Gasteiger partial charge in [-0.3, -0.25) is 0 Å². The Kier molecular flexibility index (Phi) is 4.66. The van der Waals surface area contributed by atoms with Crippen molar-refractivity contribution in [3.05, 3.63) is 42.5 Å². The second-order valence-electron chi connectivity index (χ2n) is 5.08.